The smallest absolute Gasteiger partial charge is 0.226 e. The molecule has 1 amide bonds. The predicted octanol–water partition coefficient (Wildman–Crippen LogP) is 5.41. The molecule has 0 unspecified atom stereocenters. The zero-order valence-electron chi connectivity index (χ0n) is 15.0. The first-order valence-electron chi connectivity index (χ1n) is 9.29. The van der Waals surface area contributed by atoms with Gasteiger partial charge in [0, 0.05) is 35.1 Å². The molecule has 0 spiro atoms. The maximum absolute atomic E-state index is 12.7. The standard InChI is InChI=1S/C22H21BrN2O2/c23-18-11-12-19-17(14-18)8-5-13-25(19)22(26)10-4-9-21-24-15-20(27-21)16-6-2-1-3-7-16/h1-3,6-7,11-12,14-15H,4-5,8-10,13H2. The average molecular weight is 425 g/mol. The van der Waals surface area contributed by atoms with Crippen LogP contribution in [-0.2, 0) is 17.6 Å². The van der Waals surface area contributed by atoms with E-state index < -0.39 is 0 Å². The molecule has 138 valence electrons. The SMILES string of the molecule is O=C(CCCc1ncc(-c2ccccc2)o1)N1CCCc2cc(Br)ccc21. The van der Waals surface area contributed by atoms with E-state index in [-0.39, 0.29) is 5.91 Å². The molecule has 4 rings (SSSR count). The lowest BCUT2D eigenvalue weighted by molar-refractivity contribution is -0.118. The number of carbonyl (C=O) groups is 1. The molecule has 2 heterocycles. The lowest BCUT2D eigenvalue weighted by Gasteiger charge is -2.29. The van der Waals surface area contributed by atoms with Gasteiger partial charge in [-0.1, -0.05) is 46.3 Å². The van der Waals surface area contributed by atoms with Crippen molar-refractivity contribution in [2.45, 2.75) is 32.1 Å². The third kappa shape index (κ3) is 4.14. The third-order valence-corrected chi connectivity index (χ3v) is 5.35. The summed E-state index contributed by atoms with van der Waals surface area (Å²) in [5, 5.41) is 0. The van der Waals surface area contributed by atoms with Crippen LogP contribution in [0.15, 0.2) is 63.6 Å². The minimum atomic E-state index is 0.174. The number of carbonyl (C=O) groups excluding carboxylic acids is 1. The number of aryl methyl sites for hydroxylation is 2. The average Bonchev–Trinajstić information content (AvgIpc) is 3.17. The highest BCUT2D eigenvalue weighted by Crippen LogP contribution is 2.30. The Balaban J connectivity index is 1.35. The van der Waals surface area contributed by atoms with Gasteiger partial charge in [-0.3, -0.25) is 4.79 Å². The zero-order valence-corrected chi connectivity index (χ0v) is 16.6. The van der Waals surface area contributed by atoms with E-state index in [1.165, 1.54) is 5.56 Å². The van der Waals surface area contributed by atoms with E-state index in [2.05, 4.69) is 27.0 Å². The molecule has 0 N–H and O–H groups in total. The van der Waals surface area contributed by atoms with Crippen molar-refractivity contribution in [2.24, 2.45) is 0 Å². The van der Waals surface area contributed by atoms with Crippen LogP contribution in [0.25, 0.3) is 11.3 Å². The molecular formula is C22H21BrN2O2. The summed E-state index contributed by atoms with van der Waals surface area (Å²) in [6.45, 7) is 0.796. The van der Waals surface area contributed by atoms with Gasteiger partial charge in [0.25, 0.3) is 0 Å². The van der Waals surface area contributed by atoms with Gasteiger partial charge in [0.15, 0.2) is 11.7 Å². The van der Waals surface area contributed by atoms with E-state index in [0.717, 1.165) is 47.3 Å². The molecule has 0 aliphatic carbocycles. The lowest BCUT2D eigenvalue weighted by atomic mass is 10.0. The number of fused-ring (bicyclic) bond motifs is 1. The maximum Gasteiger partial charge on any atom is 0.226 e. The number of oxazole rings is 1. The molecule has 1 aromatic heterocycles. The van der Waals surface area contributed by atoms with E-state index in [0.29, 0.717) is 18.7 Å². The Kier molecular flexibility index (Phi) is 5.39. The molecule has 2 aromatic carbocycles. The molecule has 0 bridgehead atoms. The number of hydrogen-bond acceptors (Lipinski definition) is 3. The van der Waals surface area contributed by atoms with Crippen LogP contribution in [-0.4, -0.2) is 17.4 Å². The number of amides is 1. The summed E-state index contributed by atoms with van der Waals surface area (Å²) in [5.41, 5.74) is 3.31. The highest BCUT2D eigenvalue weighted by Gasteiger charge is 2.22. The Labute approximate surface area is 167 Å². The number of aromatic nitrogens is 1. The number of halogens is 1. The second kappa shape index (κ2) is 8.09. The molecule has 0 saturated carbocycles. The monoisotopic (exact) mass is 424 g/mol. The van der Waals surface area contributed by atoms with Crippen LogP contribution in [0.2, 0.25) is 0 Å². The largest absolute Gasteiger partial charge is 0.441 e. The lowest BCUT2D eigenvalue weighted by Crippen LogP contribution is -2.35. The molecule has 0 radical (unpaired) electrons. The van der Waals surface area contributed by atoms with Crippen molar-refractivity contribution in [3.8, 4) is 11.3 Å². The van der Waals surface area contributed by atoms with Crippen molar-refractivity contribution in [1.82, 2.24) is 4.98 Å². The Hall–Kier alpha value is -2.40. The summed E-state index contributed by atoms with van der Waals surface area (Å²) in [6.07, 6.45) is 5.69. The first-order valence-corrected chi connectivity index (χ1v) is 10.1. The number of hydrogen-bond donors (Lipinski definition) is 0. The van der Waals surface area contributed by atoms with E-state index in [1.807, 2.05) is 47.4 Å². The summed E-state index contributed by atoms with van der Waals surface area (Å²) in [5.74, 6) is 1.63. The Morgan fingerprint density at radius 2 is 2.04 bits per heavy atom. The molecule has 0 saturated heterocycles. The first-order chi connectivity index (χ1) is 13.2. The van der Waals surface area contributed by atoms with E-state index >= 15 is 0 Å². The molecule has 0 atom stereocenters. The van der Waals surface area contributed by atoms with Crippen LogP contribution in [0.5, 0.6) is 0 Å². The normalized spacial score (nSPS) is 13.4. The minimum Gasteiger partial charge on any atom is -0.441 e. The van der Waals surface area contributed by atoms with E-state index in [4.69, 9.17) is 4.42 Å². The van der Waals surface area contributed by atoms with E-state index in [9.17, 15) is 4.79 Å². The summed E-state index contributed by atoms with van der Waals surface area (Å²) in [7, 11) is 0. The van der Waals surface area contributed by atoms with Gasteiger partial charge < -0.3 is 9.32 Å². The molecule has 5 heteroatoms. The molecule has 1 aliphatic heterocycles. The highest BCUT2D eigenvalue weighted by atomic mass is 79.9. The second-order valence-corrected chi connectivity index (χ2v) is 7.68. The quantitative estimate of drug-likeness (QED) is 0.550. The molecule has 1 aliphatic rings. The highest BCUT2D eigenvalue weighted by molar-refractivity contribution is 9.10. The van der Waals surface area contributed by atoms with Crippen molar-refractivity contribution in [2.75, 3.05) is 11.4 Å². The number of benzene rings is 2. The zero-order chi connectivity index (χ0) is 18.6. The van der Waals surface area contributed by atoms with Crippen LogP contribution in [0.4, 0.5) is 5.69 Å². The molecule has 4 nitrogen and oxygen atoms in total. The fraction of sp³-hybridized carbons (Fsp3) is 0.273. The second-order valence-electron chi connectivity index (χ2n) is 6.76. The van der Waals surface area contributed by atoms with Gasteiger partial charge in [0.05, 0.1) is 6.20 Å². The van der Waals surface area contributed by atoms with Crippen molar-refractivity contribution in [1.29, 1.82) is 0 Å². The number of anilines is 1. The van der Waals surface area contributed by atoms with Crippen molar-refractivity contribution < 1.29 is 9.21 Å². The van der Waals surface area contributed by atoms with Gasteiger partial charge in [-0.2, -0.15) is 0 Å². The van der Waals surface area contributed by atoms with Gasteiger partial charge in [-0.05, 0) is 43.0 Å². The van der Waals surface area contributed by atoms with Crippen molar-refractivity contribution in [3.05, 3.63) is 70.7 Å². The van der Waals surface area contributed by atoms with Crippen molar-refractivity contribution in [3.63, 3.8) is 0 Å². The maximum atomic E-state index is 12.7. The summed E-state index contributed by atoms with van der Waals surface area (Å²) in [6, 6.07) is 16.1. The fourth-order valence-corrected chi connectivity index (χ4v) is 3.92. The van der Waals surface area contributed by atoms with Gasteiger partial charge in [0.1, 0.15) is 0 Å². The summed E-state index contributed by atoms with van der Waals surface area (Å²) >= 11 is 3.51. The van der Waals surface area contributed by atoms with Crippen LogP contribution < -0.4 is 4.90 Å². The number of rotatable bonds is 5. The van der Waals surface area contributed by atoms with Gasteiger partial charge in [0.2, 0.25) is 5.91 Å². The van der Waals surface area contributed by atoms with Crippen LogP contribution in [0.3, 0.4) is 0 Å². The summed E-state index contributed by atoms with van der Waals surface area (Å²) < 4.78 is 6.89. The van der Waals surface area contributed by atoms with Gasteiger partial charge in [-0.15, -0.1) is 0 Å². The molecule has 3 aromatic rings. The molecule has 0 fully saturated rings. The first kappa shape index (κ1) is 18.0. The third-order valence-electron chi connectivity index (χ3n) is 4.85. The predicted molar refractivity (Wildman–Crippen MR) is 110 cm³/mol. The Bertz CT molecular complexity index is 936. The number of nitrogens with zero attached hydrogens (tertiary/aromatic N) is 2. The fourth-order valence-electron chi connectivity index (χ4n) is 3.51. The molecule has 27 heavy (non-hydrogen) atoms. The Morgan fingerprint density at radius 3 is 2.89 bits per heavy atom. The van der Waals surface area contributed by atoms with Crippen LogP contribution >= 0.6 is 15.9 Å². The van der Waals surface area contributed by atoms with E-state index in [1.54, 1.807) is 6.20 Å². The minimum absolute atomic E-state index is 0.174. The van der Waals surface area contributed by atoms with Gasteiger partial charge in [-0.25, -0.2) is 4.98 Å². The van der Waals surface area contributed by atoms with Crippen molar-refractivity contribution >= 4 is 27.5 Å². The topological polar surface area (TPSA) is 46.3 Å². The van der Waals surface area contributed by atoms with Crippen LogP contribution in [0, 0.1) is 0 Å². The van der Waals surface area contributed by atoms with Crippen LogP contribution in [0.1, 0.15) is 30.7 Å². The molecular weight excluding hydrogens is 404 g/mol. The Morgan fingerprint density at radius 1 is 1.19 bits per heavy atom. The van der Waals surface area contributed by atoms with Gasteiger partial charge >= 0.3 is 0 Å². The summed E-state index contributed by atoms with van der Waals surface area (Å²) in [4.78, 5) is 19.0.